The van der Waals surface area contributed by atoms with E-state index < -0.39 is 36.7 Å². The van der Waals surface area contributed by atoms with E-state index in [4.69, 9.17) is 18.9 Å². The van der Waals surface area contributed by atoms with Crippen LogP contribution in [0, 0.1) is 0 Å². The van der Waals surface area contributed by atoms with E-state index in [2.05, 4.69) is 9.47 Å². The molecule has 0 aliphatic carbocycles. The highest BCUT2D eigenvalue weighted by atomic mass is 16.8. The van der Waals surface area contributed by atoms with Gasteiger partial charge in [-0.05, 0) is 0 Å². The molecule has 0 aromatic heterocycles. The number of fused-ring (bicyclic) bond motifs is 1. The minimum atomic E-state index is -1.09. The molecule has 0 aromatic carbocycles. The number of carbonyl (C=O) groups excluding carboxylic acids is 2. The van der Waals surface area contributed by atoms with Crippen LogP contribution in [0.4, 0.5) is 0 Å². The van der Waals surface area contributed by atoms with E-state index in [1.807, 2.05) is 0 Å². The molecule has 2 rings (SSSR count). The number of methoxy groups -OCH3 is 2. The Morgan fingerprint density at radius 1 is 0.889 bits per heavy atom. The highest BCUT2D eigenvalue weighted by Gasteiger charge is 2.43. The highest BCUT2D eigenvalue weighted by Crippen LogP contribution is 2.23. The third-order valence-corrected chi connectivity index (χ3v) is 2.62. The Bertz CT molecular complexity index is 298. The van der Waals surface area contributed by atoms with Crippen LogP contribution in [0.3, 0.4) is 0 Å². The first-order chi connectivity index (χ1) is 8.65. The molecule has 0 aromatic rings. The number of ether oxygens (including phenoxy) is 6. The molecule has 2 aliphatic heterocycles. The average molecular weight is 262 g/mol. The minimum absolute atomic E-state index is 0.112. The molecular weight excluding hydrogens is 248 g/mol. The fourth-order valence-electron chi connectivity index (χ4n) is 1.67. The molecule has 2 fully saturated rings. The molecule has 2 saturated heterocycles. The van der Waals surface area contributed by atoms with Crippen LogP contribution < -0.4 is 0 Å². The van der Waals surface area contributed by atoms with Crippen molar-refractivity contribution in [3.05, 3.63) is 0 Å². The van der Waals surface area contributed by atoms with Crippen LogP contribution in [0.5, 0.6) is 0 Å². The molecular formula is C10H14O8. The van der Waals surface area contributed by atoms with Gasteiger partial charge in [0.1, 0.15) is 12.2 Å². The summed E-state index contributed by atoms with van der Waals surface area (Å²) in [6, 6.07) is 0. The SMILES string of the molecule is COC(=O)[C@H]1OC[C@H]2O[C@@H](C(=O)OC)OC[C@H]2O1. The second-order valence-corrected chi connectivity index (χ2v) is 3.73. The predicted molar refractivity (Wildman–Crippen MR) is 53.3 cm³/mol. The van der Waals surface area contributed by atoms with Crippen molar-refractivity contribution in [2.45, 2.75) is 24.8 Å². The monoisotopic (exact) mass is 262 g/mol. The quantitative estimate of drug-likeness (QED) is 0.574. The largest absolute Gasteiger partial charge is 0.465 e. The van der Waals surface area contributed by atoms with Gasteiger partial charge in [-0.15, -0.1) is 0 Å². The average Bonchev–Trinajstić information content (AvgIpc) is 2.44. The molecule has 0 amide bonds. The predicted octanol–water partition coefficient (Wildman–Crippen LogP) is -1.18. The first kappa shape index (κ1) is 13.2. The van der Waals surface area contributed by atoms with Gasteiger partial charge in [0.2, 0.25) is 0 Å². The Morgan fingerprint density at radius 3 is 1.61 bits per heavy atom. The van der Waals surface area contributed by atoms with Crippen molar-refractivity contribution in [3.63, 3.8) is 0 Å². The van der Waals surface area contributed by atoms with Crippen molar-refractivity contribution in [2.75, 3.05) is 27.4 Å². The maximum absolute atomic E-state index is 11.2. The molecule has 0 spiro atoms. The van der Waals surface area contributed by atoms with Gasteiger partial charge in [0.25, 0.3) is 12.6 Å². The molecule has 0 unspecified atom stereocenters. The first-order valence-corrected chi connectivity index (χ1v) is 5.35. The van der Waals surface area contributed by atoms with E-state index in [0.29, 0.717) is 0 Å². The molecule has 102 valence electrons. The van der Waals surface area contributed by atoms with Gasteiger partial charge in [-0.2, -0.15) is 0 Å². The topological polar surface area (TPSA) is 89.5 Å². The van der Waals surface area contributed by atoms with Crippen molar-refractivity contribution in [2.24, 2.45) is 0 Å². The number of hydrogen-bond donors (Lipinski definition) is 0. The van der Waals surface area contributed by atoms with E-state index in [0.717, 1.165) is 0 Å². The summed E-state index contributed by atoms with van der Waals surface area (Å²) in [5.41, 5.74) is 0. The molecule has 0 radical (unpaired) electrons. The summed E-state index contributed by atoms with van der Waals surface area (Å²) in [5, 5.41) is 0. The van der Waals surface area contributed by atoms with Crippen molar-refractivity contribution < 1.29 is 38.0 Å². The van der Waals surface area contributed by atoms with E-state index in [9.17, 15) is 9.59 Å². The van der Waals surface area contributed by atoms with E-state index in [1.165, 1.54) is 14.2 Å². The zero-order valence-corrected chi connectivity index (χ0v) is 9.99. The summed E-state index contributed by atoms with van der Waals surface area (Å²) >= 11 is 0. The van der Waals surface area contributed by atoms with Crippen LogP contribution in [-0.4, -0.2) is 64.2 Å². The van der Waals surface area contributed by atoms with Crippen LogP contribution in [0.1, 0.15) is 0 Å². The lowest BCUT2D eigenvalue weighted by atomic mass is 10.2. The normalized spacial score (nSPS) is 35.4. The van der Waals surface area contributed by atoms with Crippen LogP contribution in [0.2, 0.25) is 0 Å². The molecule has 4 atom stereocenters. The van der Waals surface area contributed by atoms with Crippen molar-refractivity contribution in [3.8, 4) is 0 Å². The Kier molecular flexibility index (Phi) is 4.12. The van der Waals surface area contributed by atoms with Crippen LogP contribution in [0.15, 0.2) is 0 Å². The van der Waals surface area contributed by atoms with Gasteiger partial charge in [-0.3, -0.25) is 0 Å². The molecule has 2 heterocycles. The number of rotatable bonds is 2. The zero-order chi connectivity index (χ0) is 13.1. The maximum atomic E-state index is 11.2. The minimum Gasteiger partial charge on any atom is -0.465 e. The van der Waals surface area contributed by atoms with Gasteiger partial charge < -0.3 is 28.4 Å². The smallest absolute Gasteiger partial charge is 0.363 e. The molecule has 18 heavy (non-hydrogen) atoms. The highest BCUT2D eigenvalue weighted by molar-refractivity contribution is 5.73. The van der Waals surface area contributed by atoms with Crippen molar-refractivity contribution in [1.29, 1.82) is 0 Å². The maximum Gasteiger partial charge on any atom is 0.363 e. The zero-order valence-electron chi connectivity index (χ0n) is 9.99. The Labute approximate surface area is 103 Å². The third kappa shape index (κ3) is 2.61. The summed E-state index contributed by atoms with van der Waals surface area (Å²) < 4.78 is 29.9. The van der Waals surface area contributed by atoms with E-state index in [1.54, 1.807) is 0 Å². The second kappa shape index (κ2) is 5.61. The van der Waals surface area contributed by atoms with Gasteiger partial charge in [0, 0.05) is 0 Å². The Hall–Kier alpha value is -1.22. The lowest BCUT2D eigenvalue weighted by molar-refractivity contribution is -0.327. The Balaban J connectivity index is 1.91. The van der Waals surface area contributed by atoms with Crippen molar-refractivity contribution in [1.82, 2.24) is 0 Å². The summed E-state index contributed by atoms with van der Waals surface area (Å²) in [7, 11) is 2.48. The second-order valence-electron chi connectivity index (χ2n) is 3.73. The van der Waals surface area contributed by atoms with E-state index in [-0.39, 0.29) is 13.2 Å². The third-order valence-electron chi connectivity index (χ3n) is 2.62. The summed E-state index contributed by atoms with van der Waals surface area (Å²) in [6.07, 6.45) is -3.14. The van der Waals surface area contributed by atoms with E-state index >= 15 is 0 Å². The molecule has 8 heteroatoms. The number of carbonyl (C=O) groups is 2. The standard InChI is InChI=1S/C10H14O8/c1-13-7(11)9-15-3-6-5(17-9)4-16-10(18-6)8(12)14-2/h5-6,9-10H,3-4H2,1-2H3/t5-,6-,9+,10+/m1/s1. The van der Waals surface area contributed by atoms with Gasteiger partial charge in [-0.1, -0.05) is 0 Å². The number of hydrogen-bond acceptors (Lipinski definition) is 8. The van der Waals surface area contributed by atoms with Crippen LogP contribution >= 0.6 is 0 Å². The summed E-state index contributed by atoms with van der Waals surface area (Å²) in [6.45, 7) is 0.225. The van der Waals surface area contributed by atoms with Crippen molar-refractivity contribution >= 4 is 11.9 Å². The molecule has 0 bridgehead atoms. The number of esters is 2. The molecule has 0 saturated carbocycles. The Morgan fingerprint density at radius 2 is 1.28 bits per heavy atom. The fraction of sp³-hybridized carbons (Fsp3) is 0.800. The summed E-state index contributed by atoms with van der Waals surface area (Å²) in [4.78, 5) is 22.5. The fourth-order valence-corrected chi connectivity index (χ4v) is 1.67. The lowest BCUT2D eigenvalue weighted by Crippen LogP contribution is -2.56. The van der Waals surface area contributed by atoms with Gasteiger partial charge in [0.05, 0.1) is 27.4 Å². The lowest BCUT2D eigenvalue weighted by Gasteiger charge is -2.39. The van der Waals surface area contributed by atoms with Crippen LogP contribution in [0.25, 0.3) is 0 Å². The van der Waals surface area contributed by atoms with Gasteiger partial charge >= 0.3 is 11.9 Å². The molecule has 0 N–H and O–H groups in total. The molecule has 2 aliphatic rings. The summed E-state index contributed by atoms with van der Waals surface area (Å²) in [5.74, 6) is -1.24. The van der Waals surface area contributed by atoms with Gasteiger partial charge in [0.15, 0.2) is 0 Å². The van der Waals surface area contributed by atoms with Gasteiger partial charge in [-0.25, -0.2) is 9.59 Å². The first-order valence-electron chi connectivity index (χ1n) is 5.35. The van der Waals surface area contributed by atoms with Crippen LogP contribution in [-0.2, 0) is 38.0 Å². The molecule has 8 nitrogen and oxygen atoms in total.